The molecule has 0 aliphatic heterocycles. The minimum atomic E-state index is -1.20. The van der Waals surface area contributed by atoms with Crippen LogP contribution in [0.3, 0.4) is 0 Å². The SMILES string of the molecule is CC(C)(C)OC(=O)NC(COc1ccccc1Br)C(=O)O. The first kappa shape index (κ1) is 17.3. The number of carboxylic acid groups (broad SMARTS) is 1. The molecule has 0 aliphatic carbocycles. The number of aliphatic carboxylic acids is 1. The Hall–Kier alpha value is -1.76. The Morgan fingerprint density at radius 1 is 1.33 bits per heavy atom. The van der Waals surface area contributed by atoms with Crippen molar-refractivity contribution in [3.63, 3.8) is 0 Å². The van der Waals surface area contributed by atoms with Gasteiger partial charge in [0.05, 0.1) is 4.47 Å². The average molecular weight is 360 g/mol. The van der Waals surface area contributed by atoms with Crippen LogP contribution in [0.5, 0.6) is 5.75 Å². The fourth-order valence-electron chi connectivity index (χ4n) is 1.36. The summed E-state index contributed by atoms with van der Waals surface area (Å²) >= 11 is 3.29. The highest BCUT2D eigenvalue weighted by Crippen LogP contribution is 2.23. The minimum absolute atomic E-state index is 0.211. The number of alkyl carbamates (subject to hydrolysis) is 1. The van der Waals surface area contributed by atoms with Crippen molar-refractivity contribution < 1.29 is 24.2 Å². The summed E-state index contributed by atoms with van der Waals surface area (Å²) in [7, 11) is 0. The molecule has 0 aliphatic rings. The van der Waals surface area contributed by atoms with E-state index in [0.717, 1.165) is 0 Å². The molecule has 0 fully saturated rings. The molecule has 0 aromatic heterocycles. The van der Waals surface area contributed by atoms with Crippen molar-refractivity contribution >= 4 is 28.0 Å². The van der Waals surface area contributed by atoms with Gasteiger partial charge in [0, 0.05) is 0 Å². The maximum atomic E-state index is 11.6. The van der Waals surface area contributed by atoms with E-state index < -0.39 is 23.7 Å². The van der Waals surface area contributed by atoms with Gasteiger partial charge < -0.3 is 19.9 Å². The monoisotopic (exact) mass is 359 g/mol. The quantitative estimate of drug-likeness (QED) is 0.844. The van der Waals surface area contributed by atoms with Gasteiger partial charge in [0.25, 0.3) is 0 Å². The molecule has 1 atom stereocenters. The lowest BCUT2D eigenvalue weighted by atomic mass is 10.2. The lowest BCUT2D eigenvalue weighted by Crippen LogP contribution is -2.46. The number of ether oxygens (including phenoxy) is 2. The van der Waals surface area contributed by atoms with Crippen LogP contribution in [0, 0.1) is 0 Å². The summed E-state index contributed by atoms with van der Waals surface area (Å²) in [6.07, 6.45) is -0.800. The van der Waals surface area contributed by atoms with Gasteiger partial charge in [-0.05, 0) is 48.8 Å². The summed E-state index contributed by atoms with van der Waals surface area (Å²) < 4.78 is 11.1. The van der Waals surface area contributed by atoms with Gasteiger partial charge in [-0.2, -0.15) is 0 Å². The van der Waals surface area contributed by atoms with Gasteiger partial charge >= 0.3 is 12.1 Å². The maximum Gasteiger partial charge on any atom is 0.408 e. The second-order valence-electron chi connectivity index (χ2n) is 5.28. The number of halogens is 1. The predicted molar refractivity (Wildman–Crippen MR) is 80.4 cm³/mol. The lowest BCUT2D eigenvalue weighted by molar-refractivity contribution is -0.140. The zero-order valence-corrected chi connectivity index (χ0v) is 13.6. The summed E-state index contributed by atoms with van der Waals surface area (Å²) in [5.41, 5.74) is -0.698. The third-order valence-electron chi connectivity index (χ3n) is 2.23. The third-order valence-corrected chi connectivity index (χ3v) is 2.89. The predicted octanol–water partition coefficient (Wildman–Crippen LogP) is 2.81. The number of rotatable bonds is 5. The molecule has 0 heterocycles. The molecule has 1 aromatic carbocycles. The number of hydrogen-bond donors (Lipinski definition) is 2. The van der Waals surface area contributed by atoms with Gasteiger partial charge in [-0.15, -0.1) is 0 Å². The molecule has 0 radical (unpaired) electrons. The fourth-order valence-corrected chi connectivity index (χ4v) is 1.76. The molecule has 2 N–H and O–H groups in total. The zero-order chi connectivity index (χ0) is 16.0. The minimum Gasteiger partial charge on any atom is -0.490 e. The number of benzene rings is 1. The Balaban J connectivity index is 2.61. The Kier molecular flexibility index (Phi) is 6.02. The second kappa shape index (κ2) is 7.31. The molecule has 0 saturated heterocycles. The first-order valence-electron chi connectivity index (χ1n) is 6.28. The van der Waals surface area contributed by atoms with Crippen molar-refractivity contribution in [2.75, 3.05) is 6.61 Å². The normalized spacial score (nSPS) is 12.4. The second-order valence-corrected chi connectivity index (χ2v) is 6.13. The summed E-state index contributed by atoms with van der Waals surface area (Å²) in [6, 6.07) is 5.83. The smallest absolute Gasteiger partial charge is 0.408 e. The molecule has 0 spiro atoms. The van der Waals surface area contributed by atoms with E-state index >= 15 is 0 Å². The van der Waals surface area contributed by atoms with Crippen molar-refractivity contribution in [2.24, 2.45) is 0 Å². The van der Waals surface area contributed by atoms with Crippen LogP contribution >= 0.6 is 15.9 Å². The molecule has 7 heteroatoms. The Morgan fingerprint density at radius 2 is 1.95 bits per heavy atom. The molecule has 116 valence electrons. The van der Waals surface area contributed by atoms with Crippen molar-refractivity contribution in [1.82, 2.24) is 5.32 Å². The van der Waals surface area contributed by atoms with Crippen molar-refractivity contribution in [1.29, 1.82) is 0 Å². The van der Waals surface area contributed by atoms with Gasteiger partial charge in [0.15, 0.2) is 6.04 Å². The number of carbonyl (C=O) groups is 2. The van der Waals surface area contributed by atoms with Crippen LogP contribution in [0.25, 0.3) is 0 Å². The average Bonchev–Trinajstić information content (AvgIpc) is 2.33. The van der Waals surface area contributed by atoms with Crippen LogP contribution in [-0.2, 0) is 9.53 Å². The number of carboxylic acids is 1. The van der Waals surface area contributed by atoms with Crippen molar-refractivity contribution in [2.45, 2.75) is 32.4 Å². The van der Waals surface area contributed by atoms with Crippen molar-refractivity contribution in [3.8, 4) is 5.75 Å². The van der Waals surface area contributed by atoms with Crippen LogP contribution in [-0.4, -0.2) is 35.4 Å². The van der Waals surface area contributed by atoms with E-state index in [1.54, 1.807) is 39.0 Å². The third kappa shape index (κ3) is 6.48. The van der Waals surface area contributed by atoms with E-state index in [-0.39, 0.29) is 6.61 Å². The molecular weight excluding hydrogens is 342 g/mol. The van der Waals surface area contributed by atoms with Crippen LogP contribution in [0.15, 0.2) is 28.7 Å². The molecular formula is C14H18BrNO5. The highest BCUT2D eigenvalue weighted by Gasteiger charge is 2.24. The van der Waals surface area contributed by atoms with Gasteiger partial charge in [-0.1, -0.05) is 12.1 Å². The molecule has 0 saturated carbocycles. The summed E-state index contributed by atoms with van der Waals surface area (Å²) in [5.74, 6) is -0.706. The summed E-state index contributed by atoms with van der Waals surface area (Å²) in [5, 5.41) is 11.4. The van der Waals surface area contributed by atoms with E-state index in [0.29, 0.717) is 10.2 Å². The number of nitrogens with one attached hydrogen (secondary N) is 1. The van der Waals surface area contributed by atoms with Gasteiger partial charge in [0.2, 0.25) is 0 Å². The fraction of sp³-hybridized carbons (Fsp3) is 0.429. The Morgan fingerprint density at radius 3 is 2.48 bits per heavy atom. The molecule has 1 unspecified atom stereocenters. The number of carbonyl (C=O) groups excluding carboxylic acids is 1. The largest absolute Gasteiger partial charge is 0.490 e. The van der Waals surface area contributed by atoms with E-state index in [4.69, 9.17) is 14.6 Å². The first-order valence-corrected chi connectivity index (χ1v) is 7.08. The maximum absolute atomic E-state index is 11.6. The Bertz CT molecular complexity index is 512. The Labute approximate surface area is 131 Å². The van der Waals surface area contributed by atoms with Gasteiger partial charge in [0.1, 0.15) is 18.0 Å². The molecule has 6 nitrogen and oxygen atoms in total. The van der Waals surface area contributed by atoms with E-state index in [2.05, 4.69) is 21.2 Å². The topological polar surface area (TPSA) is 84.9 Å². The standard InChI is InChI=1S/C14H18BrNO5/c1-14(2,3)21-13(19)16-10(12(17)18)8-20-11-7-5-4-6-9(11)15/h4-7,10H,8H2,1-3H3,(H,16,19)(H,17,18). The molecule has 0 bridgehead atoms. The van der Waals surface area contributed by atoms with Crippen LogP contribution in [0.2, 0.25) is 0 Å². The molecule has 21 heavy (non-hydrogen) atoms. The van der Waals surface area contributed by atoms with E-state index in [9.17, 15) is 9.59 Å². The molecule has 1 aromatic rings. The van der Waals surface area contributed by atoms with Crippen molar-refractivity contribution in [3.05, 3.63) is 28.7 Å². The number of para-hydroxylation sites is 1. The lowest BCUT2D eigenvalue weighted by Gasteiger charge is -2.22. The highest BCUT2D eigenvalue weighted by molar-refractivity contribution is 9.10. The number of hydrogen-bond acceptors (Lipinski definition) is 4. The van der Waals surface area contributed by atoms with Gasteiger partial charge in [-0.25, -0.2) is 9.59 Å². The van der Waals surface area contributed by atoms with Crippen LogP contribution < -0.4 is 10.1 Å². The van der Waals surface area contributed by atoms with Crippen LogP contribution in [0.4, 0.5) is 4.79 Å². The summed E-state index contributed by atoms with van der Waals surface area (Å²) in [6.45, 7) is 4.87. The first-order chi connectivity index (χ1) is 9.69. The van der Waals surface area contributed by atoms with Gasteiger partial charge in [-0.3, -0.25) is 0 Å². The summed E-state index contributed by atoms with van der Waals surface area (Å²) in [4.78, 5) is 22.7. The number of amides is 1. The van der Waals surface area contributed by atoms with Crippen LogP contribution in [0.1, 0.15) is 20.8 Å². The zero-order valence-electron chi connectivity index (χ0n) is 12.1. The highest BCUT2D eigenvalue weighted by atomic mass is 79.9. The van der Waals surface area contributed by atoms with E-state index in [1.165, 1.54) is 0 Å². The molecule has 1 rings (SSSR count). The molecule has 1 amide bonds. The van der Waals surface area contributed by atoms with E-state index in [1.807, 2.05) is 6.07 Å².